The van der Waals surface area contributed by atoms with Crippen LogP contribution in [0, 0.1) is 0 Å². The van der Waals surface area contributed by atoms with Crippen LogP contribution in [0.3, 0.4) is 0 Å². The lowest BCUT2D eigenvalue weighted by Crippen LogP contribution is -2.51. The van der Waals surface area contributed by atoms with Crippen LogP contribution in [0.1, 0.15) is 78.2 Å². The summed E-state index contributed by atoms with van der Waals surface area (Å²) in [4.78, 5) is 45.5. The van der Waals surface area contributed by atoms with Crippen LogP contribution < -0.4 is 15.4 Å². The molecule has 3 amide bonds. The molecule has 38 heavy (non-hydrogen) atoms. The van der Waals surface area contributed by atoms with E-state index in [-0.39, 0.29) is 30.6 Å². The number of aliphatic imine (C=N–C) groups is 1. The second kappa shape index (κ2) is 14.0. The first-order chi connectivity index (χ1) is 18.1. The van der Waals surface area contributed by atoms with Gasteiger partial charge in [-0.3, -0.25) is 14.9 Å². The number of rotatable bonds is 10. The molecule has 0 unspecified atom stereocenters. The Hall–Kier alpha value is -3.30. The highest BCUT2D eigenvalue weighted by Crippen LogP contribution is 2.30. The minimum atomic E-state index is -0.405. The predicted octanol–water partition coefficient (Wildman–Crippen LogP) is 4.10. The number of fused-ring (bicyclic) bond motifs is 1. The van der Waals surface area contributed by atoms with E-state index in [9.17, 15) is 14.4 Å². The number of urea groups is 1. The van der Waals surface area contributed by atoms with Gasteiger partial charge in [-0.25, -0.2) is 9.79 Å². The van der Waals surface area contributed by atoms with Gasteiger partial charge in [0, 0.05) is 37.7 Å². The molecule has 210 valence electrons. The largest absolute Gasteiger partial charge is 0.494 e. The molecule has 1 aliphatic carbocycles. The van der Waals surface area contributed by atoms with Crippen LogP contribution in [0.15, 0.2) is 23.2 Å². The molecule has 0 saturated heterocycles. The summed E-state index contributed by atoms with van der Waals surface area (Å²) in [5.41, 5.74) is 1.55. The number of benzene rings is 1. The number of nitrogens with zero attached hydrogens (tertiary/aromatic N) is 3. The van der Waals surface area contributed by atoms with Crippen molar-refractivity contribution in [2.24, 2.45) is 4.99 Å². The quantitative estimate of drug-likeness (QED) is 0.349. The lowest BCUT2D eigenvalue weighted by Gasteiger charge is -2.31. The van der Waals surface area contributed by atoms with Crippen molar-refractivity contribution in [1.82, 2.24) is 20.4 Å². The fraction of sp³-hybridized carbons (Fsp3) is 0.643. The molecular formula is C28H43N5O5. The lowest BCUT2D eigenvalue weighted by atomic mass is 9.94. The van der Waals surface area contributed by atoms with E-state index >= 15 is 0 Å². The minimum absolute atomic E-state index is 0.0477. The molecule has 1 aromatic rings. The molecule has 1 fully saturated rings. The molecule has 10 nitrogen and oxygen atoms in total. The molecule has 0 radical (unpaired) electrons. The third-order valence-corrected chi connectivity index (χ3v) is 6.59. The summed E-state index contributed by atoms with van der Waals surface area (Å²) in [5.74, 6) is 0.722. The van der Waals surface area contributed by atoms with E-state index in [2.05, 4.69) is 15.6 Å². The van der Waals surface area contributed by atoms with Crippen molar-refractivity contribution in [3.8, 4) is 5.75 Å². The number of esters is 1. The third-order valence-electron chi connectivity index (χ3n) is 6.59. The van der Waals surface area contributed by atoms with Gasteiger partial charge in [0.15, 0.2) is 0 Å². The van der Waals surface area contributed by atoms with E-state index in [1.165, 1.54) is 19.3 Å². The number of hydrogen-bond acceptors (Lipinski definition) is 7. The van der Waals surface area contributed by atoms with Crippen molar-refractivity contribution in [3.63, 3.8) is 0 Å². The summed E-state index contributed by atoms with van der Waals surface area (Å²) in [7, 11) is 1.92. The Kier molecular flexibility index (Phi) is 10.8. The van der Waals surface area contributed by atoms with Crippen LogP contribution in [0.25, 0.3) is 0 Å². The van der Waals surface area contributed by atoms with E-state index in [0.29, 0.717) is 43.5 Å². The fourth-order valence-corrected chi connectivity index (χ4v) is 4.71. The molecule has 10 heteroatoms. The zero-order valence-electron chi connectivity index (χ0n) is 23.4. The summed E-state index contributed by atoms with van der Waals surface area (Å²) in [6.07, 6.45) is 6.72. The van der Waals surface area contributed by atoms with E-state index in [1.54, 1.807) is 18.7 Å². The summed E-state index contributed by atoms with van der Waals surface area (Å²) < 4.78 is 11.2. The van der Waals surface area contributed by atoms with Gasteiger partial charge < -0.3 is 24.6 Å². The Morgan fingerprint density at radius 3 is 2.55 bits per heavy atom. The van der Waals surface area contributed by atoms with Crippen molar-refractivity contribution in [2.75, 3.05) is 20.2 Å². The molecule has 0 atom stereocenters. The average molecular weight is 530 g/mol. The second-order valence-electron chi connectivity index (χ2n) is 10.6. The molecule has 1 aromatic carbocycles. The highest BCUT2D eigenvalue weighted by Gasteiger charge is 2.25. The molecular weight excluding hydrogens is 486 g/mol. The molecule has 2 N–H and O–H groups in total. The highest BCUT2D eigenvalue weighted by atomic mass is 16.5. The highest BCUT2D eigenvalue weighted by molar-refractivity contribution is 5.99. The zero-order chi connectivity index (χ0) is 27.7. The number of carbonyl (C=O) groups is 3. The number of nitrogens with one attached hydrogen (secondary N) is 2. The van der Waals surface area contributed by atoms with Crippen LogP contribution in [-0.2, 0) is 20.9 Å². The number of guanidine groups is 1. The first-order valence-corrected chi connectivity index (χ1v) is 13.7. The molecule has 3 rings (SSSR count). The van der Waals surface area contributed by atoms with E-state index in [1.807, 2.05) is 44.0 Å². The average Bonchev–Trinajstić information content (AvgIpc) is 2.86. The monoisotopic (exact) mass is 529 g/mol. The number of ether oxygens (including phenoxy) is 2. The van der Waals surface area contributed by atoms with Crippen LogP contribution in [0.4, 0.5) is 10.5 Å². The van der Waals surface area contributed by atoms with Crippen molar-refractivity contribution >= 4 is 29.6 Å². The van der Waals surface area contributed by atoms with Crippen LogP contribution in [-0.4, -0.2) is 72.1 Å². The maximum absolute atomic E-state index is 12.6. The van der Waals surface area contributed by atoms with Crippen molar-refractivity contribution < 1.29 is 23.9 Å². The molecule has 1 heterocycles. The van der Waals surface area contributed by atoms with Gasteiger partial charge in [0.2, 0.25) is 11.9 Å². The van der Waals surface area contributed by atoms with Gasteiger partial charge >= 0.3 is 12.0 Å². The Morgan fingerprint density at radius 1 is 1.13 bits per heavy atom. The Balaban J connectivity index is 1.60. The molecule has 1 aliphatic heterocycles. The SMILES string of the molecule is CC(C)NC(=O)NC1=Nc2ccc(OCCCC(=O)N(C)C3CCCCC3)cc2CN1CC(=O)OC(C)C. The normalized spacial score (nSPS) is 15.6. The Labute approximate surface area is 226 Å². The first-order valence-electron chi connectivity index (χ1n) is 13.7. The fourth-order valence-electron chi connectivity index (χ4n) is 4.71. The summed E-state index contributed by atoms with van der Waals surface area (Å²) in [5, 5.41) is 5.52. The number of carbonyl (C=O) groups excluding carboxylic acids is 3. The van der Waals surface area contributed by atoms with Crippen molar-refractivity contribution in [3.05, 3.63) is 23.8 Å². The topological polar surface area (TPSA) is 113 Å². The lowest BCUT2D eigenvalue weighted by molar-refractivity contribution is -0.147. The van der Waals surface area contributed by atoms with Gasteiger partial charge in [0.05, 0.1) is 18.4 Å². The van der Waals surface area contributed by atoms with Crippen molar-refractivity contribution in [2.45, 2.75) is 97.4 Å². The third kappa shape index (κ3) is 8.92. The smallest absolute Gasteiger partial charge is 0.325 e. The predicted molar refractivity (Wildman–Crippen MR) is 146 cm³/mol. The molecule has 0 aromatic heterocycles. The molecule has 2 aliphatic rings. The first kappa shape index (κ1) is 29.3. The van der Waals surface area contributed by atoms with E-state index < -0.39 is 12.0 Å². The van der Waals surface area contributed by atoms with E-state index in [4.69, 9.17) is 9.47 Å². The molecule has 0 spiro atoms. The summed E-state index contributed by atoms with van der Waals surface area (Å²) in [6.45, 7) is 8.03. The molecule has 0 bridgehead atoms. The van der Waals surface area contributed by atoms with Gasteiger partial charge in [0.1, 0.15) is 12.3 Å². The molecule has 1 saturated carbocycles. The van der Waals surface area contributed by atoms with Crippen LogP contribution in [0.5, 0.6) is 5.75 Å². The van der Waals surface area contributed by atoms with Crippen LogP contribution >= 0.6 is 0 Å². The minimum Gasteiger partial charge on any atom is -0.494 e. The second-order valence-corrected chi connectivity index (χ2v) is 10.6. The van der Waals surface area contributed by atoms with E-state index in [0.717, 1.165) is 18.4 Å². The number of hydrogen-bond donors (Lipinski definition) is 2. The van der Waals surface area contributed by atoms with Gasteiger partial charge in [-0.15, -0.1) is 0 Å². The standard InChI is InChI=1S/C28H43N5O5/c1-19(2)29-28(36)31-27-30-24-14-13-23(16-21(24)17-33(27)18-26(35)38-20(3)4)37-15-9-12-25(34)32(5)22-10-7-6-8-11-22/h13-14,16,19-20,22H,6-12,15,17-18H2,1-5H3,(H2,29,30,31,36). The van der Waals surface area contributed by atoms with Crippen LogP contribution in [0.2, 0.25) is 0 Å². The Morgan fingerprint density at radius 2 is 1.87 bits per heavy atom. The van der Waals surface area contributed by atoms with Gasteiger partial charge in [-0.2, -0.15) is 0 Å². The maximum Gasteiger partial charge on any atom is 0.325 e. The van der Waals surface area contributed by atoms with Gasteiger partial charge in [-0.1, -0.05) is 19.3 Å². The number of amides is 3. The zero-order valence-corrected chi connectivity index (χ0v) is 23.4. The van der Waals surface area contributed by atoms with Gasteiger partial charge in [-0.05, 0) is 65.2 Å². The maximum atomic E-state index is 12.6. The summed E-state index contributed by atoms with van der Waals surface area (Å²) in [6, 6.07) is 5.47. The summed E-state index contributed by atoms with van der Waals surface area (Å²) >= 11 is 0. The van der Waals surface area contributed by atoms with Crippen molar-refractivity contribution in [1.29, 1.82) is 0 Å². The Bertz CT molecular complexity index is 1000. The van der Waals surface area contributed by atoms with Gasteiger partial charge in [0.25, 0.3) is 0 Å².